The standard InChI is InChI=1S/C19H27NO3S2/c1-13(21)12-15(14-10-8-7-9-11-14)16(20-18(24-5)25-6)17(22)23-19(2,3)4/h7-11,15-16H,12H2,1-6H3/t15-,16+/m1/s1. The Hall–Kier alpha value is -1.27. The van der Waals surface area contributed by atoms with Crippen LogP contribution in [0.4, 0.5) is 0 Å². The SMILES string of the molecule is CSC(=N[C@H](C(=O)OC(C)(C)C)[C@H](CC(C)=O)c1ccccc1)SC. The van der Waals surface area contributed by atoms with Gasteiger partial charge in [0, 0.05) is 12.3 Å². The monoisotopic (exact) mass is 381 g/mol. The lowest BCUT2D eigenvalue weighted by Gasteiger charge is -2.27. The van der Waals surface area contributed by atoms with Crippen LogP contribution in [0.5, 0.6) is 0 Å². The number of ether oxygens (including phenoxy) is 1. The number of esters is 1. The number of aliphatic imine (C=N–C) groups is 1. The highest BCUT2D eigenvalue weighted by Gasteiger charge is 2.34. The maximum Gasteiger partial charge on any atom is 0.332 e. The van der Waals surface area contributed by atoms with E-state index in [0.717, 1.165) is 9.94 Å². The van der Waals surface area contributed by atoms with Crippen LogP contribution in [0.3, 0.4) is 0 Å². The number of Topliss-reactive ketones (excluding diaryl/α,β-unsaturated/α-hetero) is 1. The lowest BCUT2D eigenvalue weighted by Crippen LogP contribution is -2.35. The van der Waals surface area contributed by atoms with Crippen molar-refractivity contribution in [1.29, 1.82) is 0 Å². The minimum Gasteiger partial charge on any atom is -0.458 e. The molecule has 0 saturated carbocycles. The lowest BCUT2D eigenvalue weighted by molar-refractivity contribution is -0.157. The summed E-state index contributed by atoms with van der Waals surface area (Å²) < 4.78 is 6.39. The van der Waals surface area contributed by atoms with Crippen LogP contribution in [0.1, 0.15) is 45.6 Å². The Kier molecular flexibility index (Phi) is 8.73. The van der Waals surface area contributed by atoms with Crippen molar-refractivity contribution in [3.8, 4) is 0 Å². The number of nitrogens with zero attached hydrogens (tertiary/aromatic N) is 1. The summed E-state index contributed by atoms with van der Waals surface area (Å²) in [5, 5.41) is 0. The van der Waals surface area contributed by atoms with Crippen LogP contribution in [0.25, 0.3) is 0 Å². The van der Waals surface area contributed by atoms with Crippen molar-refractivity contribution in [3.63, 3.8) is 0 Å². The van der Waals surface area contributed by atoms with E-state index in [2.05, 4.69) is 4.99 Å². The van der Waals surface area contributed by atoms with E-state index >= 15 is 0 Å². The molecule has 0 spiro atoms. The fourth-order valence-electron chi connectivity index (χ4n) is 2.39. The molecule has 0 radical (unpaired) electrons. The third-order valence-corrected chi connectivity index (χ3v) is 5.27. The Labute approximate surface area is 159 Å². The number of hydrogen-bond acceptors (Lipinski definition) is 6. The van der Waals surface area contributed by atoms with E-state index in [-0.39, 0.29) is 18.1 Å². The van der Waals surface area contributed by atoms with Gasteiger partial charge in [-0.15, -0.1) is 23.5 Å². The fraction of sp³-hybridized carbons (Fsp3) is 0.526. The Morgan fingerprint density at radius 1 is 1.12 bits per heavy atom. The molecular weight excluding hydrogens is 354 g/mol. The van der Waals surface area contributed by atoms with Crippen LogP contribution in [-0.2, 0) is 14.3 Å². The van der Waals surface area contributed by atoms with Gasteiger partial charge in [0.2, 0.25) is 0 Å². The summed E-state index contributed by atoms with van der Waals surface area (Å²) >= 11 is 2.97. The van der Waals surface area contributed by atoms with Gasteiger partial charge in [-0.25, -0.2) is 4.79 Å². The van der Waals surface area contributed by atoms with Gasteiger partial charge in [-0.3, -0.25) is 4.99 Å². The van der Waals surface area contributed by atoms with Crippen molar-refractivity contribution < 1.29 is 14.3 Å². The largest absolute Gasteiger partial charge is 0.458 e. The van der Waals surface area contributed by atoms with E-state index in [1.165, 1.54) is 30.4 Å². The highest BCUT2D eigenvalue weighted by atomic mass is 32.2. The second kappa shape index (κ2) is 10.0. The predicted octanol–water partition coefficient (Wildman–Crippen LogP) is 4.54. The van der Waals surface area contributed by atoms with Crippen LogP contribution in [0, 0.1) is 0 Å². The molecule has 0 heterocycles. The van der Waals surface area contributed by atoms with Crippen molar-refractivity contribution in [2.75, 3.05) is 12.5 Å². The summed E-state index contributed by atoms with van der Waals surface area (Å²) in [6, 6.07) is 8.83. The highest BCUT2D eigenvalue weighted by Crippen LogP contribution is 2.30. The summed E-state index contributed by atoms with van der Waals surface area (Å²) in [6.07, 6.45) is 4.08. The predicted molar refractivity (Wildman–Crippen MR) is 109 cm³/mol. The number of rotatable bonds is 6. The van der Waals surface area contributed by atoms with Gasteiger partial charge in [0.05, 0.1) is 0 Å². The summed E-state index contributed by atoms with van der Waals surface area (Å²) in [6.45, 7) is 7.03. The van der Waals surface area contributed by atoms with Crippen LogP contribution in [-0.4, -0.2) is 40.3 Å². The third-order valence-electron chi connectivity index (χ3n) is 3.36. The van der Waals surface area contributed by atoms with Crippen LogP contribution < -0.4 is 0 Å². The first kappa shape index (κ1) is 21.8. The number of hydrogen-bond donors (Lipinski definition) is 0. The molecule has 0 aliphatic carbocycles. The average Bonchev–Trinajstić information content (AvgIpc) is 2.53. The maximum absolute atomic E-state index is 12.9. The molecule has 0 amide bonds. The molecule has 4 nitrogen and oxygen atoms in total. The molecule has 0 aromatic heterocycles. The van der Waals surface area contributed by atoms with Gasteiger partial charge in [-0.2, -0.15) is 0 Å². The zero-order valence-electron chi connectivity index (χ0n) is 15.7. The summed E-state index contributed by atoms with van der Waals surface area (Å²) in [4.78, 5) is 29.4. The molecule has 138 valence electrons. The molecule has 0 unspecified atom stereocenters. The Morgan fingerprint density at radius 2 is 1.68 bits per heavy atom. The molecule has 0 fully saturated rings. The zero-order chi connectivity index (χ0) is 19.0. The van der Waals surface area contributed by atoms with E-state index in [0.29, 0.717) is 0 Å². The molecule has 25 heavy (non-hydrogen) atoms. The summed E-state index contributed by atoms with van der Waals surface area (Å²) in [5.74, 6) is -0.724. The fourth-order valence-corrected chi connectivity index (χ4v) is 3.50. The van der Waals surface area contributed by atoms with Gasteiger partial charge in [0.25, 0.3) is 0 Å². The highest BCUT2D eigenvalue weighted by molar-refractivity contribution is 8.38. The number of ketones is 1. The third kappa shape index (κ3) is 7.65. The normalized spacial score (nSPS) is 13.7. The smallest absolute Gasteiger partial charge is 0.332 e. The average molecular weight is 382 g/mol. The molecule has 6 heteroatoms. The van der Waals surface area contributed by atoms with Crippen LogP contribution in [0.15, 0.2) is 35.3 Å². The van der Waals surface area contributed by atoms with Gasteiger partial charge in [-0.1, -0.05) is 30.3 Å². The van der Waals surface area contributed by atoms with E-state index < -0.39 is 17.6 Å². The molecule has 1 aromatic rings. The van der Waals surface area contributed by atoms with Crippen LogP contribution in [0.2, 0.25) is 0 Å². The molecule has 1 rings (SSSR count). The number of carbonyl (C=O) groups excluding carboxylic acids is 2. The van der Waals surface area contributed by atoms with E-state index in [4.69, 9.17) is 4.74 Å². The molecule has 0 saturated heterocycles. The molecular formula is C19H27NO3S2. The van der Waals surface area contributed by atoms with Gasteiger partial charge in [-0.05, 0) is 45.8 Å². The molecule has 0 N–H and O–H groups in total. The van der Waals surface area contributed by atoms with E-state index in [1.54, 1.807) is 0 Å². The topological polar surface area (TPSA) is 55.7 Å². The van der Waals surface area contributed by atoms with Crippen molar-refractivity contribution in [2.45, 2.75) is 51.7 Å². The van der Waals surface area contributed by atoms with Crippen molar-refractivity contribution in [3.05, 3.63) is 35.9 Å². The van der Waals surface area contributed by atoms with Crippen LogP contribution >= 0.6 is 23.5 Å². The van der Waals surface area contributed by atoms with Gasteiger partial charge >= 0.3 is 5.97 Å². The van der Waals surface area contributed by atoms with Crippen molar-refractivity contribution in [1.82, 2.24) is 0 Å². The molecule has 1 aromatic carbocycles. The summed E-state index contributed by atoms with van der Waals surface area (Å²) in [7, 11) is 0. The van der Waals surface area contributed by atoms with Gasteiger partial charge in [0.15, 0.2) is 6.04 Å². The van der Waals surface area contributed by atoms with E-state index in [1.807, 2.05) is 63.6 Å². The number of benzene rings is 1. The maximum atomic E-state index is 12.9. The second-order valence-corrected chi connectivity index (χ2v) is 8.55. The first-order valence-corrected chi connectivity index (χ1v) is 10.6. The first-order chi connectivity index (χ1) is 11.7. The molecule has 0 bridgehead atoms. The lowest BCUT2D eigenvalue weighted by atomic mass is 9.87. The molecule has 2 atom stereocenters. The number of carbonyl (C=O) groups is 2. The number of thioether (sulfide) groups is 2. The van der Waals surface area contributed by atoms with Crippen molar-refractivity contribution >= 4 is 39.7 Å². The van der Waals surface area contributed by atoms with E-state index in [9.17, 15) is 9.59 Å². The molecule has 0 aliphatic rings. The Morgan fingerprint density at radius 3 is 2.12 bits per heavy atom. The van der Waals surface area contributed by atoms with Crippen molar-refractivity contribution in [2.24, 2.45) is 4.99 Å². The Bertz CT molecular complexity index is 603. The minimum absolute atomic E-state index is 0.0208. The zero-order valence-corrected chi connectivity index (χ0v) is 17.4. The summed E-state index contributed by atoms with van der Waals surface area (Å²) in [5.41, 5.74) is 0.306. The second-order valence-electron chi connectivity index (χ2n) is 6.70. The minimum atomic E-state index is -0.750. The quantitative estimate of drug-likeness (QED) is 0.411. The van der Waals surface area contributed by atoms with Gasteiger partial charge in [0.1, 0.15) is 15.8 Å². The van der Waals surface area contributed by atoms with Gasteiger partial charge < -0.3 is 9.53 Å². The molecule has 0 aliphatic heterocycles. The Balaban J connectivity index is 3.34. The first-order valence-electron chi connectivity index (χ1n) is 8.11.